The standard InChI is InChI=1S/C10H12ClNO4/c1-3-9(12(15)16)5-4-8(11)6-7(2)10(13)14/h4-6H,3H2,1-2H3,(H,13,14)/b7-6?,8-4+,9-5+. The Hall–Kier alpha value is -1.62. The van der Waals surface area contributed by atoms with Crippen molar-refractivity contribution in [1.82, 2.24) is 0 Å². The SMILES string of the molecule is CC/C(=C\C=C(\Cl)C=C(C)C(=O)O)[N+](=O)[O-]. The van der Waals surface area contributed by atoms with Crippen LogP contribution in [0.4, 0.5) is 0 Å². The third-order valence-corrected chi connectivity index (χ3v) is 1.96. The molecule has 0 aliphatic carbocycles. The number of rotatable bonds is 5. The maximum atomic E-state index is 10.5. The van der Waals surface area contributed by atoms with E-state index in [9.17, 15) is 14.9 Å². The molecule has 0 amide bonds. The van der Waals surface area contributed by atoms with Gasteiger partial charge in [0.15, 0.2) is 0 Å². The summed E-state index contributed by atoms with van der Waals surface area (Å²) in [6.07, 6.45) is 4.06. The Bertz CT molecular complexity index is 382. The van der Waals surface area contributed by atoms with Gasteiger partial charge in [0, 0.05) is 23.1 Å². The molecule has 0 aromatic rings. The van der Waals surface area contributed by atoms with Gasteiger partial charge < -0.3 is 5.11 Å². The quantitative estimate of drug-likeness (QED) is 0.349. The Labute approximate surface area is 97.9 Å². The molecule has 0 unspecified atom stereocenters. The van der Waals surface area contributed by atoms with Crippen LogP contribution in [0.3, 0.4) is 0 Å². The second kappa shape index (κ2) is 6.79. The number of aliphatic carboxylic acids is 1. The Morgan fingerprint density at radius 2 is 2.06 bits per heavy atom. The molecule has 16 heavy (non-hydrogen) atoms. The summed E-state index contributed by atoms with van der Waals surface area (Å²) in [6.45, 7) is 3.03. The summed E-state index contributed by atoms with van der Waals surface area (Å²) in [5.41, 5.74) is 0.0772. The third-order valence-electron chi connectivity index (χ3n) is 1.72. The molecule has 1 N–H and O–H groups in total. The van der Waals surface area contributed by atoms with E-state index in [0.717, 1.165) is 0 Å². The Balaban J connectivity index is 4.86. The van der Waals surface area contributed by atoms with Gasteiger partial charge in [0.2, 0.25) is 5.70 Å². The largest absolute Gasteiger partial charge is 0.478 e. The normalized spacial score (nSPS) is 13.8. The van der Waals surface area contributed by atoms with Crippen LogP contribution in [0.2, 0.25) is 0 Å². The lowest BCUT2D eigenvalue weighted by Gasteiger charge is -1.93. The molecule has 0 bridgehead atoms. The summed E-state index contributed by atoms with van der Waals surface area (Å²) in [4.78, 5) is 20.4. The fourth-order valence-corrected chi connectivity index (χ4v) is 1.03. The molecular weight excluding hydrogens is 234 g/mol. The second-order valence-electron chi connectivity index (χ2n) is 2.95. The lowest BCUT2D eigenvalue weighted by molar-refractivity contribution is -0.427. The number of carboxylic acids is 1. The summed E-state index contributed by atoms with van der Waals surface area (Å²) in [5, 5.41) is 19.1. The van der Waals surface area contributed by atoms with E-state index in [1.807, 2.05) is 0 Å². The van der Waals surface area contributed by atoms with E-state index in [2.05, 4.69) is 0 Å². The predicted molar refractivity (Wildman–Crippen MR) is 60.7 cm³/mol. The number of carboxylic acid groups (broad SMARTS) is 1. The van der Waals surface area contributed by atoms with Crippen LogP contribution < -0.4 is 0 Å². The molecule has 0 radical (unpaired) electrons. The summed E-state index contributed by atoms with van der Waals surface area (Å²) in [7, 11) is 0. The molecule has 0 saturated carbocycles. The first-order valence-corrected chi connectivity index (χ1v) is 4.88. The number of hydrogen-bond acceptors (Lipinski definition) is 3. The zero-order valence-electron chi connectivity index (χ0n) is 8.94. The highest BCUT2D eigenvalue weighted by molar-refractivity contribution is 6.31. The fraction of sp³-hybridized carbons (Fsp3) is 0.300. The highest BCUT2D eigenvalue weighted by atomic mass is 35.5. The maximum absolute atomic E-state index is 10.5. The third kappa shape index (κ3) is 5.31. The minimum Gasteiger partial charge on any atom is -0.478 e. The van der Waals surface area contributed by atoms with E-state index in [1.165, 1.54) is 25.2 Å². The maximum Gasteiger partial charge on any atom is 0.331 e. The summed E-state index contributed by atoms with van der Waals surface area (Å²) in [5.74, 6) is -1.08. The number of nitrogens with zero attached hydrogens (tertiary/aromatic N) is 1. The van der Waals surface area contributed by atoms with Gasteiger partial charge in [0.25, 0.3) is 0 Å². The van der Waals surface area contributed by atoms with Crippen molar-refractivity contribution in [2.75, 3.05) is 0 Å². The van der Waals surface area contributed by atoms with Crippen LogP contribution in [0.25, 0.3) is 0 Å². The number of hydrogen-bond donors (Lipinski definition) is 1. The fourth-order valence-electron chi connectivity index (χ4n) is 0.800. The summed E-state index contributed by atoms with van der Waals surface area (Å²) in [6, 6.07) is 0. The van der Waals surface area contributed by atoms with Gasteiger partial charge in [0.05, 0.1) is 4.92 Å². The van der Waals surface area contributed by atoms with Gasteiger partial charge >= 0.3 is 5.97 Å². The zero-order chi connectivity index (χ0) is 12.7. The van der Waals surface area contributed by atoms with E-state index in [4.69, 9.17) is 16.7 Å². The van der Waals surface area contributed by atoms with E-state index < -0.39 is 10.9 Å². The van der Waals surface area contributed by atoms with Gasteiger partial charge in [-0.3, -0.25) is 10.1 Å². The predicted octanol–water partition coefficient (Wildman–Crippen LogP) is 2.71. The molecule has 0 fully saturated rings. The van der Waals surface area contributed by atoms with Gasteiger partial charge in [-0.05, 0) is 19.1 Å². The molecule has 0 rings (SSSR count). The summed E-state index contributed by atoms with van der Waals surface area (Å²) >= 11 is 5.68. The molecular formula is C10H12ClNO4. The first-order chi connectivity index (χ1) is 7.38. The van der Waals surface area contributed by atoms with E-state index >= 15 is 0 Å². The van der Waals surface area contributed by atoms with E-state index in [1.54, 1.807) is 6.92 Å². The smallest absolute Gasteiger partial charge is 0.331 e. The molecule has 88 valence electrons. The van der Waals surface area contributed by atoms with Crippen molar-refractivity contribution < 1.29 is 14.8 Å². The van der Waals surface area contributed by atoms with Crippen LogP contribution in [-0.2, 0) is 4.79 Å². The zero-order valence-corrected chi connectivity index (χ0v) is 9.69. The second-order valence-corrected chi connectivity index (χ2v) is 3.39. The summed E-state index contributed by atoms with van der Waals surface area (Å²) < 4.78 is 0. The molecule has 0 aliphatic rings. The van der Waals surface area contributed by atoms with Crippen molar-refractivity contribution in [3.63, 3.8) is 0 Å². The van der Waals surface area contributed by atoms with Gasteiger partial charge in [0.1, 0.15) is 0 Å². The minimum absolute atomic E-state index is 0.0135. The van der Waals surface area contributed by atoms with Crippen molar-refractivity contribution in [3.8, 4) is 0 Å². The van der Waals surface area contributed by atoms with Crippen LogP contribution in [0, 0.1) is 10.1 Å². The molecule has 6 heteroatoms. The van der Waals surface area contributed by atoms with E-state index in [0.29, 0.717) is 0 Å². The van der Waals surface area contributed by atoms with Crippen LogP contribution >= 0.6 is 11.6 Å². The van der Waals surface area contributed by atoms with Gasteiger partial charge in [-0.25, -0.2) is 4.79 Å². The molecule has 0 aromatic carbocycles. The van der Waals surface area contributed by atoms with Gasteiger partial charge in [-0.1, -0.05) is 18.5 Å². The number of carbonyl (C=O) groups is 1. The topological polar surface area (TPSA) is 80.4 Å². The van der Waals surface area contributed by atoms with Crippen molar-refractivity contribution in [2.24, 2.45) is 0 Å². The highest BCUT2D eigenvalue weighted by Crippen LogP contribution is 2.10. The molecule has 0 saturated heterocycles. The molecule has 0 aliphatic heterocycles. The van der Waals surface area contributed by atoms with Crippen molar-refractivity contribution in [3.05, 3.63) is 44.6 Å². The Kier molecular flexibility index (Phi) is 6.10. The lowest BCUT2D eigenvalue weighted by atomic mass is 10.2. The van der Waals surface area contributed by atoms with Gasteiger partial charge in [-0.2, -0.15) is 0 Å². The Morgan fingerprint density at radius 1 is 1.50 bits per heavy atom. The molecule has 0 aromatic heterocycles. The highest BCUT2D eigenvalue weighted by Gasteiger charge is 2.05. The first kappa shape index (κ1) is 14.4. The van der Waals surface area contributed by atoms with Crippen molar-refractivity contribution in [1.29, 1.82) is 0 Å². The lowest BCUT2D eigenvalue weighted by Crippen LogP contribution is -1.96. The van der Waals surface area contributed by atoms with Crippen molar-refractivity contribution in [2.45, 2.75) is 20.3 Å². The monoisotopic (exact) mass is 245 g/mol. The molecule has 5 nitrogen and oxygen atoms in total. The number of nitro groups is 1. The minimum atomic E-state index is -1.08. The molecule has 0 heterocycles. The molecule has 0 spiro atoms. The van der Waals surface area contributed by atoms with Crippen LogP contribution in [0.1, 0.15) is 20.3 Å². The van der Waals surface area contributed by atoms with Gasteiger partial charge in [-0.15, -0.1) is 0 Å². The van der Waals surface area contributed by atoms with E-state index in [-0.39, 0.29) is 22.7 Å². The molecule has 0 atom stereocenters. The van der Waals surface area contributed by atoms with Crippen LogP contribution in [0.5, 0.6) is 0 Å². The van der Waals surface area contributed by atoms with Crippen molar-refractivity contribution >= 4 is 17.6 Å². The average Bonchev–Trinajstić information content (AvgIpc) is 2.17. The average molecular weight is 246 g/mol. The van der Waals surface area contributed by atoms with Crippen LogP contribution in [0.15, 0.2) is 34.5 Å². The number of allylic oxidation sites excluding steroid dienone is 5. The number of halogens is 1. The Morgan fingerprint density at radius 3 is 2.44 bits per heavy atom. The first-order valence-electron chi connectivity index (χ1n) is 4.50. The van der Waals surface area contributed by atoms with Crippen LogP contribution in [-0.4, -0.2) is 16.0 Å².